The normalized spacial score (nSPS) is 11.4. The summed E-state index contributed by atoms with van der Waals surface area (Å²) in [4.78, 5) is 0.188. The lowest BCUT2D eigenvalue weighted by Gasteiger charge is -2.09. The Kier molecular flexibility index (Phi) is 3.22. The van der Waals surface area contributed by atoms with Gasteiger partial charge in [0.1, 0.15) is 0 Å². The standard InChI is InChI=1S/C13H11ClO2S/c1-10-6-5-9-12(13(10)17(14,15)16)11-7-3-2-4-8-11/h2-9H,1H3. The lowest BCUT2D eigenvalue weighted by molar-refractivity contribution is 0.609. The van der Waals surface area contributed by atoms with Crippen molar-refractivity contribution in [2.45, 2.75) is 11.8 Å². The Morgan fingerprint density at radius 2 is 1.59 bits per heavy atom. The number of benzene rings is 2. The van der Waals surface area contributed by atoms with Gasteiger partial charge in [0.05, 0.1) is 4.90 Å². The summed E-state index contributed by atoms with van der Waals surface area (Å²) in [5.74, 6) is 0. The van der Waals surface area contributed by atoms with Crippen LogP contribution in [0.2, 0.25) is 0 Å². The van der Waals surface area contributed by atoms with Crippen LogP contribution in [0.1, 0.15) is 5.56 Å². The summed E-state index contributed by atoms with van der Waals surface area (Å²) < 4.78 is 23.2. The van der Waals surface area contributed by atoms with Gasteiger partial charge >= 0.3 is 0 Å². The summed E-state index contributed by atoms with van der Waals surface area (Å²) in [7, 11) is 1.75. The molecule has 0 unspecified atom stereocenters. The SMILES string of the molecule is Cc1cccc(-c2ccccc2)c1S(=O)(=O)Cl. The molecule has 0 spiro atoms. The molecule has 2 aromatic rings. The highest BCUT2D eigenvalue weighted by molar-refractivity contribution is 8.13. The Hall–Kier alpha value is -1.32. The third-order valence-electron chi connectivity index (χ3n) is 2.54. The quantitative estimate of drug-likeness (QED) is 0.779. The van der Waals surface area contributed by atoms with Crippen molar-refractivity contribution >= 4 is 19.7 Å². The van der Waals surface area contributed by atoms with Crippen LogP contribution >= 0.6 is 10.7 Å². The fourth-order valence-electron chi connectivity index (χ4n) is 1.82. The molecule has 2 nitrogen and oxygen atoms in total. The molecule has 0 aliphatic carbocycles. The van der Waals surface area contributed by atoms with Gasteiger partial charge in [-0.25, -0.2) is 8.42 Å². The van der Waals surface area contributed by atoms with Crippen LogP contribution in [0.4, 0.5) is 0 Å². The van der Waals surface area contributed by atoms with Gasteiger partial charge in [-0.1, -0.05) is 48.5 Å². The summed E-state index contributed by atoms with van der Waals surface area (Å²) in [6.07, 6.45) is 0. The molecular weight excluding hydrogens is 256 g/mol. The Labute approximate surface area is 105 Å². The molecule has 0 atom stereocenters. The van der Waals surface area contributed by atoms with Gasteiger partial charge in [-0.15, -0.1) is 0 Å². The third kappa shape index (κ3) is 2.51. The second kappa shape index (κ2) is 4.51. The molecule has 4 heteroatoms. The molecule has 0 N–H and O–H groups in total. The zero-order chi connectivity index (χ0) is 12.5. The first-order chi connectivity index (χ1) is 8.00. The van der Waals surface area contributed by atoms with Crippen molar-refractivity contribution < 1.29 is 8.42 Å². The highest BCUT2D eigenvalue weighted by Gasteiger charge is 2.18. The molecule has 0 saturated carbocycles. The van der Waals surface area contributed by atoms with E-state index >= 15 is 0 Å². The van der Waals surface area contributed by atoms with Gasteiger partial charge in [0, 0.05) is 16.2 Å². The zero-order valence-corrected chi connectivity index (χ0v) is 10.8. The summed E-state index contributed by atoms with van der Waals surface area (Å²) in [5, 5.41) is 0. The Bertz CT molecular complexity index is 634. The minimum atomic E-state index is -3.74. The van der Waals surface area contributed by atoms with E-state index in [1.165, 1.54) is 0 Å². The highest BCUT2D eigenvalue weighted by atomic mass is 35.7. The Balaban J connectivity index is 2.76. The maximum absolute atomic E-state index is 11.6. The van der Waals surface area contributed by atoms with Crippen LogP contribution < -0.4 is 0 Å². The molecule has 0 aromatic heterocycles. The molecule has 0 amide bonds. The summed E-state index contributed by atoms with van der Waals surface area (Å²) in [5.41, 5.74) is 2.14. The maximum Gasteiger partial charge on any atom is 0.262 e. The predicted molar refractivity (Wildman–Crippen MR) is 69.7 cm³/mol. The molecule has 0 aliphatic rings. The number of halogens is 1. The van der Waals surface area contributed by atoms with Crippen LogP contribution in [-0.4, -0.2) is 8.42 Å². The van der Waals surface area contributed by atoms with Gasteiger partial charge < -0.3 is 0 Å². The summed E-state index contributed by atoms with van der Waals surface area (Å²) in [6, 6.07) is 14.7. The molecule has 0 radical (unpaired) electrons. The van der Waals surface area contributed by atoms with E-state index in [1.807, 2.05) is 36.4 Å². The van der Waals surface area contributed by atoms with E-state index < -0.39 is 9.05 Å². The lowest BCUT2D eigenvalue weighted by atomic mass is 10.0. The number of hydrogen-bond acceptors (Lipinski definition) is 2. The van der Waals surface area contributed by atoms with Crippen molar-refractivity contribution in [3.05, 3.63) is 54.1 Å². The zero-order valence-electron chi connectivity index (χ0n) is 9.22. The third-order valence-corrected chi connectivity index (χ3v) is 4.03. The van der Waals surface area contributed by atoms with Crippen molar-refractivity contribution in [1.29, 1.82) is 0 Å². The van der Waals surface area contributed by atoms with Gasteiger partial charge in [-0.2, -0.15) is 0 Å². The van der Waals surface area contributed by atoms with Crippen LogP contribution in [0, 0.1) is 6.92 Å². The van der Waals surface area contributed by atoms with Gasteiger partial charge in [0.15, 0.2) is 0 Å². The Morgan fingerprint density at radius 3 is 2.18 bits per heavy atom. The number of hydrogen-bond donors (Lipinski definition) is 0. The van der Waals surface area contributed by atoms with E-state index in [-0.39, 0.29) is 4.90 Å². The van der Waals surface area contributed by atoms with E-state index in [2.05, 4.69) is 0 Å². The minimum absolute atomic E-state index is 0.188. The van der Waals surface area contributed by atoms with Gasteiger partial charge in [0.2, 0.25) is 0 Å². The first-order valence-electron chi connectivity index (χ1n) is 5.10. The molecular formula is C13H11ClO2S. The molecule has 0 aliphatic heterocycles. The lowest BCUT2D eigenvalue weighted by Crippen LogP contribution is -1.98. The van der Waals surface area contributed by atoms with Gasteiger partial charge in [-0.3, -0.25) is 0 Å². The van der Waals surface area contributed by atoms with Crippen molar-refractivity contribution in [2.24, 2.45) is 0 Å². The average molecular weight is 267 g/mol. The summed E-state index contributed by atoms with van der Waals surface area (Å²) >= 11 is 0. The largest absolute Gasteiger partial charge is 0.262 e. The maximum atomic E-state index is 11.6. The van der Waals surface area contributed by atoms with E-state index in [0.717, 1.165) is 5.56 Å². The first-order valence-corrected chi connectivity index (χ1v) is 7.41. The monoisotopic (exact) mass is 266 g/mol. The van der Waals surface area contributed by atoms with E-state index in [9.17, 15) is 8.42 Å². The number of aryl methyl sites for hydroxylation is 1. The van der Waals surface area contributed by atoms with E-state index in [0.29, 0.717) is 11.1 Å². The van der Waals surface area contributed by atoms with Crippen LogP contribution in [0.3, 0.4) is 0 Å². The fourth-order valence-corrected chi connectivity index (χ4v) is 3.34. The second-order valence-electron chi connectivity index (χ2n) is 3.76. The molecule has 2 rings (SSSR count). The van der Waals surface area contributed by atoms with E-state index in [4.69, 9.17) is 10.7 Å². The second-order valence-corrected chi connectivity index (χ2v) is 6.26. The molecule has 0 heterocycles. The van der Waals surface area contributed by atoms with E-state index in [1.54, 1.807) is 19.1 Å². The van der Waals surface area contributed by atoms with Crippen LogP contribution in [-0.2, 0) is 9.05 Å². The van der Waals surface area contributed by atoms with Crippen LogP contribution in [0.5, 0.6) is 0 Å². The average Bonchev–Trinajstić information content (AvgIpc) is 2.28. The van der Waals surface area contributed by atoms with Gasteiger partial charge in [0.25, 0.3) is 9.05 Å². The molecule has 0 saturated heterocycles. The van der Waals surface area contributed by atoms with Gasteiger partial charge in [-0.05, 0) is 18.1 Å². The smallest absolute Gasteiger partial charge is 0.207 e. The molecule has 17 heavy (non-hydrogen) atoms. The molecule has 0 fully saturated rings. The molecule has 2 aromatic carbocycles. The first kappa shape index (κ1) is 12.1. The topological polar surface area (TPSA) is 34.1 Å². The molecule has 0 bridgehead atoms. The van der Waals surface area contributed by atoms with Crippen molar-refractivity contribution in [3.8, 4) is 11.1 Å². The van der Waals surface area contributed by atoms with Crippen LogP contribution in [0.25, 0.3) is 11.1 Å². The minimum Gasteiger partial charge on any atom is -0.207 e. The highest BCUT2D eigenvalue weighted by Crippen LogP contribution is 2.31. The van der Waals surface area contributed by atoms with Crippen molar-refractivity contribution in [3.63, 3.8) is 0 Å². The van der Waals surface area contributed by atoms with Crippen LogP contribution in [0.15, 0.2) is 53.4 Å². The Morgan fingerprint density at radius 1 is 0.941 bits per heavy atom. The van der Waals surface area contributed by atoms with Crippen molar-refractivity contribution in [2.75, 3.05) is 0 Å². The molecule has 88 valence electrons. The predicted octanol–water partition coefficient (Wildman–Crippen LogP) is 3.59. The summed E-state index contributed by atoms with van der Waals surface area (Å²) in [6.45, 7) is 1.74. The number of rotatable bonds is 2. The van der Waals surface area contributed by atoms with Crippen molar-refractivity contribution in [1.82, 2.24) is 0 Å². The fraction of sp³-hybridized carbons (Fsp3) is 0.0769.